The van der Waals surface area contributed by atoms with E-state index in [-0.39, 0.29) is 55.1 Å². The predicted octanol–water partition coefficient (Wildman–Crippen LogP) is 3.70. The van der Waals surface area contributed by atoms with Crippen molar-refractivity contribution in [3.8, 4) is 0 Å². The number of esters is 1. The highest BCUT2D eigenvalue weighted by molar-refractivity contribution is 9.09. The van der Waals surface area contributed by atoms with Crippen molar-refractivity contribution >= 4 is 39.6 Å². The van der Waals surface area contributed by atoms with Crippen molar-refractivity contribution in [1.82, 2.24) is 15.1 Å². The highest BCUT2D eigenvalue weighted by Gasteiger charge is 2.77. The molecule has 12 heteroatoms. The summed E-state index contributed by atoms with van der Waals surface area (Å²) in [6.07, 6.45) is 5.74. The van der Waals surface area contributed by atoms with Gasteiger partial charge >= 0.3 is 5.97 Å². The fourth-order valence-electron chi connectivity index (χ4n) is 7.46. The van der Waals surface area contributed by atoms with E-state index in [1.807, 2.05) is 18.2 Å². The van der Waals surface area contributed by atoms with Crippen LogP contribution in [-0.4, -0.2) is 107 Å². The van der Waals surface area contributed by atoms with Crippen LogP contribution in [0.2, 0.25) is 0 Å². The zero-order valence-corrected chi connectivity index (χ0v) is 29.6. The van der Waals surface area contributed by atoms with Gasteiger partial charge in [-0.1, -0.05) is 78.2 Å². The number of unbranched alkanes of at least 4 members (excludes halogenated alkanes) is 2. The normalized spacial score (nSPS) is 26.9. The molecule has 1 aromatic rings. The second-order valence-electron chi connectivity index (χ2n) is 12.8. The van der Waals surface area contributed by atoms with E-state index in [4.69, 9.17) is 14.2 Å². The van der Waals surface area contributed by atoms with Crippen molar-refractivity contribution in [2.45, 2.75) is 86.6 Å². The number of carbonyl (C=O) groups is 4. The number of alkyl halides is 1. The molecule has 1 unspecified atom stereocenters. The highest BCUT2D eigenvalue weighted by Crippen LogP contribution is 2.60. The van der Waals surface area contributed by atoms with Gasteiger partial charge < -0.3 is 34.4 Å². The Hall–Kier alpha value is -3.06. The molecule has 3 amide bonds. The average molecular weight is 733 g/mol. The van der Waals surface area contributed by atoms with Gasteiger partial charge in [-0.05, 0) is 31.2 Å². The second-order valence-corrected chi connectivity index (χ2v) is 14.0. The van der Waals surface area contributed by atoms with Gasteiger partial charge in [-0.2, -0.15) is 0 Å². The van der Waals surface area contributed by atoms with Crippen molar-refractivity contribution in [2.24, 2.45) is 11.8 Å². The molecule has 2 N–H and O–H groups in total. The van der Waals surface area contributed by atoms with Crippen LogP contribution in [0.15, 0.2) is 55.6 Å². The van der Waals surface area contributed by atoms with Gasteiger partial charge in [-0.3, -0.25) is 19.2 Å². The molecule has 1 spiro atoms. The van der Waals surface area contributed by atoms with Crippen LogP contribution >= 0.6 is 15.9 Å². The van der Waals surface area contributed by atoms with E-state index in [1.54, 1.807) is 29.2 Å². The van der Waals surface area contributed by atoms with Gasteiger partial charge in [0.25, 0.3) is 0 Å². The largest absolute Gasteiger partial charge is 0.455 e. The van der Waals surface area contributed by atoms with E-state index >= 15 is 0 Å². The maximum atomic E-state index is 14.4. The number of nitrogens with one attached hydrogen (secondary N) is 1. The van der Waals surface area contributed by atoms with Gasteiger partial charge in [0, 0.05) is 44.6 Å². The first kappa shape index (κ1) is 37.8. The summed E-state index contributed by atoms with van der Waals surface area (Å²) < 4.78 is 18.4. The van der Waals surface area contributed by atoms with Crippen molar-refractivity contribution in [3.05, 3.63) is 61.2 Å². The molecule has 1 aromatic carbocycles. The minimum Gasteiger partial charge on any atom is -0.455 e. The summed E-state index contributed by atoms with van der Waals surface area (Å²) >= 11 is 3.72. The topological polar surface area (TPSA) is 135 Å². The van der Waals surface area contributed by atoms with Crippen LogP contribution in [0.5, 0.6) is 0 Å². The Morgan fingerprint density at radius 3 is 2.60 bits per heavy atom. The number of fused-ring (bicyclic) bond motifs is 1. The molecule has 3 aliphatic rings. The quantitative estimate of drug-likeness (QED) is 0.0898. The Morgan fingerprint density at radius 1 is 1.21 bits per heavy atom. The number of aliphatic hydroxyl groups excluding tert-OH is 1. The number of methoxy groups -OCH3 is 1. The molecule has 0 saturated carbocycles. The number of nitrogens with zero attached hydrogens (tertiary/aromatic N) is 2. The fraction of sp³-hybridized carbons (Fsp3) is 0.611. The summed E-state index contributed by atoms with van der Waals surface area (Å²) in [5.74, 6) is -3.48. The predicted molar refractivity (Wildman–Crippen MR) is 184 cm³/mol. The average Bonchev–Trinajstić information content (AvgIpc) is 3.67. The van der Waals surface area contributed by atoms with E-state index < -0.39 is 47.7 Å². The Balaban J connectivity index is 1.69. The fourth-order valence-corrected chi connectivity index (χ4v) is 8.40. The molecule has 3 fully saturated rings. The maximum absolute atomic E-state index is 14.4. The molecule has 0 aromatic heterocycles. The summed E-state index contributed by atoms with van der Waals surface area (Å²) in [4.78, 5) is 58.9. The molecule has 264 valence electrons. The maximum Gasteiger partial charge on any atom is 0.313 e. The molecule has 3 saturated heterocycles. The van der Waals surface area contributed by atoms with Crippen LogP contribution in [0.1, 0.15) is 63.5 Å². The van der Waals surface area contributed by atoms with E-state index in [0.29, 0.717) is 31.5 Å². The highest BCUT2D eigenvalue weighted by atomic mass is 79.9. The zero-order chi connectivity index (χ0) is 34.8. The summed E-state index contributed by atoms with van der Waals surface area (Å²) in [6, 6.07) is 7.39. The molecular weight excluding hydrogens is 682 g/mol. The molecule has 11 nitrogen and oxygen atoms in total. The van der Waals surface area contributed by atoms with E-state index in [1.165, 1.54) is 12.0 Å². The number of ether oxygens (including phenoxy) is 3. The minimum absolute atomic E-state index is 0.0628. The second kappa shape index (κ2) is 17.6. The molecule has 8 atom stereocenters. The van der Waals surface area contributed by atoms with Crippen LogP contribution in [0, 0.1) is 11.8 Å². The molecule has 0 aliphatic carbocycles. The number of halogens is 1. The summed E-state index contributed by atoms with van der Waals surface area (Å²) in [5.41, 5.74) is -0.614. The lowest BCUT2D eigenvalue weighted by atomic mass is 9.70. The lowest BCUT2D eigenvalue weighted by Gasteiger charge is -2.37. The van der Waals surface area contributed by atoms with Crippen LogP contribution in [0.3, 0.4) is 0 Å². The number of benzene rings is 1. The van der Waals surface area contributed by atoms with E-state index in [2.05, 4.69) is 41.3 Å². The number of hydrogen-bond acceptors (Lipinski definition) is 8. The van der Waals surface area contributed by atoms with Crippen LogP contribution in [0.4, 0.5) is 0 Å². The third-order valence-corrected chi connectivity index (χ3v) is 10.4. The molecule has 4 rings (SSSR count). The third kappa shape index (κ3) is 7.87. The first-order valence-electron chi connectivity index (χ1n) is 17.0. The lowest BCUT2D eigenvalue weighted by Crippen LogP contribution is -2.57. The Bertz CT molecular complexity index is 1300. The smallest absolute Gasteiger partial charge is 0.313 e. The Labute approximate surface area is 292 Å². The summed E-state index contributed by atoms with van der Waals surface area (Å²) in [5, 5.41) is 12.7. The van der Waals surface area contributed by atoms with Gasteiger partial charge in [0.1, 0.15) is 17.7 Å². The molecule has 2 bridgehead atoms. The van der Waals surface area contributed by atoms with Gasteiger partial charge in [-0.25, -0.2) is 0 Å². The van der Waals surface area contributed by atoms with Gasteiger partial charge in [0.05, 0.1) is 30.6 Å². The molecule has 3 aliphatic heterocycles. The first-order chi connectivity index (χ1) is 23.2. The minimum atomic E-state index is -1.26. The third-order valence-electron chi connectivity index (χ3n) is 9.55. The summed E-state index contributed by atoms with van der Waals surface area (Å²) in [7, 11) is 1.50. The number of aliphatic hydroxyl groups is 1. The number of hydrogen-bond donors (Lipinski definition) is 2. The first-order valence-corrected chi connectivity index (χ1v) is 17.9. The van der Waals surface area contributed by atoms with Gasteiger partial charge in [0.2, 0.25) is 17.7 Å². The lowest BCUT2D eigenvalue weighted by molar-refractivity contribution is -0.163. The van der Waals surface area contributed by atoms with Crippen molar-refractivity contribution < 1.29 is 38.5 Å². The zero-order valence-electron chi connectivity index (χ0n) is 28.1. The molecule has 3 heterocycles. The number of amides is 3. The monoisotopic (exact) mass is 731 g/mol. The van der Waals surface area contributed by atoms with Gasteiger partial charge in [-0.15, -0.1) is 13.2 Å². The van der Waals surface area contributed by atoms with Crippen molar-refractivity contribution in [1.29, 1.82) is 0 Å². The Morgan fingerprint density at radius 2 is 1.96 bits per heavy atom. The molecule has 48 heavy (non-hydrogen) atoms. The molecule has 0 radical (unpaired) electrons. The SMILES string of the molecule is C=CCCC(=O)N[C@H](COC)[C@H](OC(=O)[C@H]1[C@@H]2O[C@@]3(CC2Br)[C@@H]1C(=O)N(CCCO)[C@@H]3C(=O)N(CC=C)CCCCC)c1ccccc1. The van der Waals surface area contributed by atoms with Crippen LogP contribution in [0.25, 0.3) is 0 Å². The van der Waals surface area contributed by atoms with Crippen LogP contribution < -0.4 is 5.32 Å². The summed E-state index contributed by atoms with van der Waals surface area (Å²) in [6.45, 7) is 10.5. The number of carbonyl (C=O) groups excluding carboxylic acids is 4. The molecular formula is C36H50BrN3O8. The van der Waals surface area contributed by atoms with Gasteiger partial charge in [0.15, 0.2) is 0 Å². The van der Waals surface area contributed by atoms with Crippen molar-refractivity contribution in [3.63, 3.8) is 0 Å². The number of rotatable bonds is 20. The van der Waals surface area contributed by atoms with E-state index in [0.717, 1.165) is 19.3 Å². The number of allylic oxidation sites excluding steroid dienone is 1. The Kier molecular flexibility index (Phi) is 13.8. The van der Waals surface area contributed by atoms with Crippen LogP contribution in [-0.2, 0) is 33.4 Å². The van der Waals surface area contributed by atoms with Crippen molar-refractivity contribution in [2.75, 3.05) is 40.0 Å². The number of likely N-dealkylation sites (tertiary alicyclic amines) is 1. The standard InChI is InChI=1S/C36H50BrN3O8/c1-5-8-13-19-39(18-7-3)34(44)32-36-22-25(37)31(48-36)28(29(36)33(43)40(32)20-14-21-41)35(45)47-30(24-15-11-10-12-16-24)26(23-46-4)38-27(42)17-9-6-2/h6-7,10-12,15-16,25-26,28-32,41H,2-3,5,8-9,13-14,17-23H2,1,4H3,(H,38,42)/t25?,26-,28-,29+,30-,31-,32-,36+/m1/s1. The van der Waals surface area contributed by atoms with E-state index in [9.17, 15) is 24.3 Å².